The van der Waals surface area contributed by atoms with Gasteiger partial charge < -0.3 is 10.3 Å². The maximum atomic E-state index is 14.0. The lowest BCUT2D eigenvalue weighted by atomic mass is 10.0. The van der Waals surface area contributed by atoms with Crippen molar-refractivity contribution in [2.45, 2.75) is 27.2 Å². The number of rotatable bonds is 5. The Bertz CT molecular complexity index is 985. The standard InChI is InChI=1S/C22H23FN2O/c1-14-5-4-6-17(13-14)8-10-20(26)24-12-11-18-16(3)25-22-19(23)9-7-15(2)21(18)22/h4-10,13,25H,11-12H2,1-3H3,(H,24,26). The van der Waals surface area contributed by atoms with E-state index in [0.29, 0.717) is 18.5 Å². The first-order valence-corrected chi connectivity index (χ1v) is 8.74. The molecule has 0 saturated heterocycles. The number of benzene rings is 2. The number of carbonyl (C=O) groups is 1. The molecule has 0 fully saturated rings. The molecule has 26 heavy (non-hydrogen) atoms. The van der Waals surface area contributed by atoms with Crippen LogP contribution in [0.1, 0.15) is 27.9 Å². The van der Waals surface area contributed by atoms with E-state index in [1.807, 2.05) is 45.0 Å². The normalized spacial score (nSPS) is 11.4. The van der Waals surface area contributed by atoms with Crippen LogP contribution in [-0.4, -0.2) is 17.4 Å². The van der Waals surface area contributed by atoms with Crippen molar-refractivity contribution in [1.29, 1.82) is 0 Å². The zero-order valence-corrected chi connectivity index (χ0v) is 15.3. The summed E-state index contributed by atoms with van der Waals surface area (Å²) < 4.78 is 14.0. The number of aryl methyl sites for hydroxylation is 3. The predicted octanol–water partition coefficient (Wildman–Crippen LogP) is 4.60. The smallest absolute Gasteiger partial charge is 0.244 e. The van der Waals surface area contributed by atoms with E-state index in [1.165, 1.54) is 6.07 Å². The largest absolute Gasteiger partial charge is 0.356 e. The van der Waals surface area contributed by atoms with Gasteiger partial charge in [-0.25, -0.2) is 4.39 Å². The van der Waals surface area contributed by atoms with Gasteiger partial charge in [-0.3, -0.25) is 4.79 Å². The number of halogens is 1. The van der Waals surface area contributed by atoms with Crippen LogP contribution in [0.25, 0.3) is 17.0 Å². The molecule has 0 saturated carbocycles. The molecule has 4 heteroatoms. The molecule has 3 aromatic rings. The highest BCUT2D eigenvalue weighted by molar-refractivity contribution is 5.92. The molecule has 0 unspecified atom stereocenters. The molecular formula is C22H23FN2O. The molecule has 0 aliphatic carbocycles. The van der Waals surface area contributed by atoms with E-state index in [9.17, 15) is 9.18 Å². The van der Waals surface area contributed by atoms with Crippen LogP contribution in [0.15, 0.2) is 42.5 Å². The quantitative estimate of drug-likeness (QED) is 0.649. The van der Waals surface area contributed by atoms with Gasteiger partial charge in [0.25, 0.3) is 0 Å². The molecule has 1 amide bonds. The molecule has 3 rings (SSSR count). The van der Waals surface area contributed by atoms with Crippen LogP contribution in [0.4, 0.5) is 4.39 Å². The highest BCUT2D eigenvalue weighted by atomic mass is 19.1. The minimum absolute atomic E-state index is 0.132. The third-order valence-corrected chi connectivity index (χ3v) is 4.57. The van der Waals surface area contributed by atoms with Gasteiger partial charge in [0.05, 0.1) is 5.52 Å². The summed E-state index contributed by atoms with van der Waals surface area (Å²) in [5.74, 6) is -0.378. The molecule has 0 spiro atoms. The Morgan fingerprint density at radius 3 is 2.77 bits per heavy atom. The van der Waals surface area contributed by atoms with Crippen LogP contribution in [-0.2, 0) is 11.2 Å². The van der Waals surface area contributed by atoms with Gasteiger partial charge in [-0.05, 0) is 56.0 Å². The van der Waals surface area contributed by atoms with Crippen molar-refractivity contribution in [3.05, 3.63) is 76.2 Å². The number of carbonyl (C=O) groups excluding carboxylic acids is 1. The van der Waals surface area contributed by atoms with Crippen LogP contribution in [0.3, 0.4) is 0 Å². The SMILES string of the molecule is Cc1cccc(C=CC(=O)NCCc2c(C)[nH]c3c(F)ccc(C)c23)c1. The van der Waals surface area contributed by atoms with Gasteiger partial charge in [-0.1, -0.05) is 35.9 Å². The van der Waals surface area contributed by atoms with Gasteiger partial charge in [0.15, 0.2) is 0 Å². The second-order valence-corrected chi connectivity index (χ2v) is 6.63. The number of aromatic amines is 1. The highest BCUT2D eigenvalue weighted by Gasteiger charge is 2.13. The van der Waals surface area contributed by atoms with E-state index in [4.69, 9.17) is 0 Å². The molecular weight excluding hydrogens is 327 g/mol. The van der Waals surface area contributed by atoms with E-state index in [-0.39, 0.29) is 11.7 Å². The summed E-state index contributed by atoms with van der Waals surface area (Å²) in [6, 6.07) is 11.2. The van der Waals surface area contributed by atoms with Crippen molar-refractivity contribution in [3.63, 3.8) is 0 Å². The van der Waals surface area contributed by atoms with Gasteiger partial charge in [0, 0.05) is 23.7 Å². The summed E-state index contributed by atoms with van der Waals surface area (Å²) in [7, 11) is 0. The number of amides is 1. The summed E-state index contributed by atoms with van der Waals surface area (Å²) in [4.78, 5) is 15.2. The van der Waals surface area contributed by atoms with Crippen molar-refractivity contribution in [1.82, 2.24) is 10.3 Å². The minimum atomic E-state index is -0.245. The minimum Gasteiger partial charge on any atom is -0.356 e. The summed E-state index contributed by atoms with van der Waals surface area (Å²) in [6.07, 6.45) is 4.00. The Hall–Kier alpha value is -2.88. The Labute approximate surface area is 152 Å². The molecule has 2 N–H and O–H groups in total. The van der Waals surface area contributed by atoms with Gasteiger partial charge >= 0.3 is 0 Å². The maximum Gasteiger partial charge on any atom is 0.244 e. The monoisotopic (exact) mass is 350 g/mol. The van der Waals surface area contributed by atoms with E-state index in [1.54, 1.807) is 18.2 Å². The summed E-state index contributed by atoms with van der Waals surface area (Å²) in [5, 5.41) is 3.82. The number of aromatic nitrogens is 1. The topological polar surface area (TPSA) is 44.9 Å². The predicted molar refractivity (Wildman–Crippen MR) is 105 cm³/mol. The van der Waals surface area contributed by atoms with Crippen molar-refractivity contribution in [2.75, 3.05) is 6.54 Å². The van der Waals surface area contributed by atoms with Gasteiger partial charge in [-0.2, -0.15) is 0 Å². The Kier molecular flexibility index (Phi) is 5.21. The summed E-state index contributed by atoms with van der Waals surface area (Å²) in [6.45, 7) is 6.43. The fraction of sp³-hybridized carbons (Fsp3) is 0.227. The number of hydrogen-bond donors (Lipinski definition) is 2. The van der Waals surface area contributed by atoms with E-state index < -0.39 is 0 Å². The van der Waals surface area contributed by atoms with E-state index in [0.717, 1.165) is 33.3 Å². The Balaban J connectivity index is 1.65. The number of hydrogen-bond acceptors (Lipinski definition) is 1. The van der Waals surface area contributed by atoms with Gasteiger partial charge in [0.2, 0.25) is 5.91 Å². The number of H-pyrrole nitrogens is 1. The van der Waals surface area contributed by atoms with E-state index in [2.05, 4.69) is 10.3 Å². The van der Waals surface area contributed by atoms with Crippen LogP contribution >= 0.6 is 0 Å². The van der Waals surface area contributed by atoms with Crippen LogP contribution < -0.4 is 5.32 Å². The summed E-state index contributed by atoms with van der Waals surface area (Å²) in [5.41, 5.74) is 5.73. The second-order valence-electron chi connectivity index (χ2n) is 6.63. The lowest BCUT2D eigenvalue weighted by Crippen LogP contribution is -2.23. The van der Waals surface area contributed by atoms with Crippen molar-refractivity contribution < 1.29 is 9.18 Å². The second kappa shape index (κ2) is 7.56. The third kappa shape index (κ3) is 3.85. The fourth-order valence-electron chi connectivity index (χ4n) is 3.27. The molecule has 0 aliphatic rings. The molecule has 134 valence electrons. The molecule has 0 atom stereocenters. The molecule has 1 aromatic heterocycles. The molecule has 0 aliphatic heterocycles. The maximum absolute atomic E-state index is 14.0. The number of nitrogens with one attached hydrogen (secondary N) is 2. The zero-order valence-electron chi connectivity index (χ0n) is 15.3. The Morgan fingerprint density at radius 2 is 2.00 bits per heavy atom. The zero-order chi connectivity index (χ0) is 18.7. The van der Waals surface area contributed by atoms with Crippen LogP contribution in [0.5, 0.6) is 0 Å². The average Bonchev–Trinajstić information content (AvgIpc) is 2.94. The van der Waals surface area contributed by atoms with Crippen molar-refractivity contribution in [2.24, 2.45) is 0 Å². The lowest BCUT2D eigenvalue weighted by Gasteiger charge is -2.05. The van der Waals surface area contributed by atoms with E-state index >= 15 is 0 Å². The average molecular weight is 350 g/mol. The number of fused-ring (bicyclic) bond motifs is 1. The van der Waals surface area contributed by atoms with Gasteiger partial charge in [-0.15, -0.1) is 0 Å². The van der Waals surface area contributed by atoms with Crippen molar-refractivity contribution >= 4 is 22.9 Å². The van der Waals surface area contributed by atoms with Crippen LogP contribution in [0.2, 0.25) is 0 Å². The molecule has 3 nitrogen and oxygen atoms in total. The molecule has 2 aromatic carbocycles. The lowest BCUT2D eigenvalue weighted by molar-refractivity contribution is -0.116. The van der Waals surface area contributed by atoms with Gasteiger partial charge in [0.1, 0.15) is 5.82 Å². The first-order chi connectivity index (χ1) is 12.5. The fourth-order valence-corrected chi connectivity index (χ4v) is 3.27. The third-order valence-electron chi connectivity index (χ3n) is 4.57. The first kappa shape index (κ1) is 17.9. The Morgan fingerprint density at radius 1 is 1.19 bits per heavy atom. The van der Waals surface area contributed by atoms with Crippen molar-refractivity contribution in [3.8, 4) is 0 Å². The highest BCUT2D eigenvalue weighted by Crippen LogP contribution is 2.27. The molecule has 1 heterocycles. The first-order valence-electron chi connectivity index (χ1n) is 8.74. The van der Waals surface area contributed by atoms with Crippen LogP contribution in [0, 0.1) is 26.6 Å². The molecule has 0 bridgehead atoms. The molecule has 0 radical (unpaired) electrons. The summed E-state index contributed by atoms with van der Waals surface area (Å²) >= 11 is 0.